The van der Waals surface area contributed by atoms with Crippen LogP contribution in [0.25, 0.3) is 78.0 Å². The smallest absolute Gasteiger partial charge is 0.164 e. The van der Waals surface area contributed by atoms with Gasteiger partial charge in [-0.15, -0.1) is 0 Å². The Balaban J connectivity index is 1.19. The standard InChI is InChI=1S/C49H32N4O/c1-4-15-35(16-5-1)47-50-48(52-49(51-47)38-29-24-33-14-10-11-17-37(33)30-38)36-27-25-34(26-28-36)43-31-41(32-45-46(43)42-22-12-13-23-44(42)54-45)53(39-18-6-2-7-19-39)40-20-8-3-9-21-40/h1-32H/i2D,3D,6D,7D,8D,9D,18D,19D,20D,21D. The molecule has 0 N–H and O–H groups in total. The van der Waals surface area contributed by atoms with E-state index < -0.39 is 71.8 Å². The van der Waals surface area contributed by atoms with Crippen LogP contribution in [0.1, 0.15) is 13.7 Å². The van der Waals surface area contributed by atoms with Crippen molar-refractivity contribution < 1.29 is 18.1 Å². The fraction of sp³-hybridized carbons (Fsp3) is 0. The minimum Gasteiger partial charge on any atom is -0.456 e. The largest absolute Gasteiger partial charge is 0.456 e. The summed E-state index contributed by atoms with van der Waals surface area (Å²) in [4.78, 5) is 15.9. The van der Waals surface area contributed by atoms with Crippen LogP contribution in [0.3, 0.4) is 0 Å². The van der Waals surface area contributed by atoms with E-state index >= 15 is 0 Å². The maximum atomic E-state index is 9.00. The molecular formula is C49H32N4O. The maximum absolute atomic E-state index is 9.00. The molecule has 0 saturated carbocycles. The van der Waals surface area contributed by atoms with Gasteiger partial charge in [-0.3, -0.25) is 0 Å². The Kier molecular flexibility index (Phi) is 5.56. The van der Waals surface area contributed by atoms with E-state index in [9.17, 15) is 0 Å². The van der Waals surface area contributed by atoms with E-state index in [2.05, 4.69) is 6.07 Å². The number of rotatable bonds is 7. The molecule has 0 atom stereocenters. The summed E-state index contributed by atoms with van der Waals surface area (Å²) < 4.78 is 93.2. The molecule has 0 radical (unpaired) electrons. The van der Waals surface area contributed by atoms with Gasteiger partial charge in [0.15, 0.2) is 17.5 Å². The Bertz CT molecular complexity index is 3400. The van der Waals surface area contributed by atoms with Gasteiger partial charge < -0.3 is 9.32 Å². The Morgan fingerprint density at radius 3 is 1.69 bits per heavy atom. The first-order chi connectivity index (χ1) is 30.9. The fourth-order valence-corrected chi connectivity index (χ4v) is 6.75. The zero-order valence-electron chi connectivity index (χ0n) is 38.4. The molecule has 0 spiro atoms. The molecule has 0 aliphatic heterocycles. The summed E-state index contributed by atoms with van der Waals surface area (Å²) in [5.41, 5.74) is 3.78. The highest BCUT2D eigenvalue weighted by Crippen LogP contribution is 2.43. The molecule has 8 aromatic carbocycles. The lowest BCUT2D eigenvalue weighted by Crippen LogP contribution is -2.09. The normalized spacial score (nSPS) is 13.9. The van der Waals surface area contributed by atoms with E-state index in [1.165, 1.54) is 0 Å². The number of fused-ring (bicyclic) bond motifs is 4. The molecule has 54 heavy (non-hydrogen) atoms. The van der Waals surface area contributed by atoms with Crippen LogP contribution in [0, 0.1) is 0 Å². The first kappa shape index (κ1) is 22.5. The second-order valence-electron chi connectivity index (χ2n) is 12.6. The molecular weight excluding hydrogens is 661 g/mol. The highest BCUT2D eigenvalue weighted by molar-refractivity contribution is 6.14. The first-order valence-electron chi connectivity index (χ1n) is 22.2. The molecule has 0 aliphatic carbocycles. The molecule has 0 fully saturated rings. The number of nitrogens with zero attached hydrogens (tertiary/aromatic N) is 4. The molecule has 5 nitrogen and oxygen atoms in total. The van der Waals surface area contributed by atoms with E-state index in [-0.39, 0.29) is 5.69 Å². The lowest BCUT2D eigenvalue weighted by Gasteiger charge is -2.26. The van der Waals surface area contributed by atoms with Gasteiger partial charge in [-0.2, -0.15) is 0 Å². The van der Waals surface area contributed by atoms with E-state index in [1.807, 2.05) is 115 Å². The predicted molar refractivity (Wildman–Crippen MR) is 221 cm³/mol. The van der Waals surface area contributed by atoms with Gasteiger partial charge in [0.25, 0.3) is 0 Å². The lowest BCUT2D eigenvalue weighted by atomic mass is 9.97. The van der Waals surface area contributed by atoms with Crippen molar-refractivity contribution in [3.63, 3.8) is 0 Å². The number of benzene rings is 8. The van der Waals surface area contributed by atoms with Crippen molar-refractivity contribution in [3.05, 3.63) is 194 Å². The Morgan fingerprint density at radius 2 is 0.981 bits per heavy atom. The van der Waals surface area contributed by atoms with Crippen LogP contribution in [0.4, 0.5) is 17.1 Å². The van der Waals surface area contributed by atoms with E-state index in [0.29, 0.717) is 50.7 Å². The molecule has 2 heterocycles. The summed E-state index contributed by atoms with van der Waals surface area (Å²) in [6, 6.07) is 35.6. The molecule has 0 aliphatic rings. The van der Waals surface area contributed by atoms with E-state index in [1.54, 1.807) is 12.1 Å². The number of para-hydroxylation sites is 3. The number of hydrogen-bond acceptors (Lipinski definition) is 5. The van der Waals surface area contributed by atoms with Crippen LogP contribution < -0.4 is 4.90 Å². The average molecular weight is 703 g/mol. The van der Waals surface area contributed by atoms with Crippen molar-refractivity contribution >= 4 is 49.8 Å². The molecule has 0 unspecified atom stereocenters. The first-order valence-corrected chi connectivity index (χ1v) is 17.2. The summed E-state index contributed by atoms with van der Waals surface area (Å²) in [5, 5.41) is 3.60. The maximum Gasteiger partial charge on any atom is 0.164 e. The minimum atomic E-state index is -0.661. The Morgan fingerprint density at radius 1 is 0.426 bits per heavy atom. The van der Waals surface area contributed by atoms with Crippen LogP contribution in [0.15, 0.2) is 198 Å². The number of aromatic nitrogens is 3. The van der Waals surface area contributed by atoms with Gasteiger partial charge in [0.2, 0.25) is 0 Å². The minimum absolute atomic E-state index is 0.118. The number of anilines is 3. The molecule has 0 amide bonds. The Hall–Kier alpha value is -7.37. The van der Waals surface area contributed by atoms with Crippen LogP contribution >= 0.6 is 0 Å². The van der Waals surface area contributed by atoms with Crippen molar-refractivity contribution in [1.82, 2.24) is 15.0 Å². The molecule has 254 valence electrons. The number of furan rings is 1. The third kappa shape index (κ3) is 5.74. The highest BCUT2D eigenvalue weighted by Gasteiger charge is 2.20. The van der Waals surface area contributed by atoms with Gasteiger partial charge in [0.1, 0.15) is 11.2 Å². The van der Waals surface area contributed by atoms with Crippen molar-refractivity contribution in [2.45, 2.75) is 0 Å². The van der Waals surface area contributed by atoms with Gasteiger partial charge in [0.05, 0.1) is 19.4 Å². The van der Waals surface area contributed by atoms with Crippen LogP contribution in [-0.4, -0.2) is 15.0 Å². The van der Waals surface area contributed by atoms with Crippen molar-refractivity contribution in [2.24, 2.45) is 0 Å². The summed E-state index contributed by atoms with van der Waals surface area (Å²) >= 11 is 0. The zero-order chi connectivity index (χ0) is 44.6. The molecule has 0 saturated heterocycles. The second-order valence-corrected chi connectivity index (χ2v) is 12.6. The summed E-state index contributed by atoms with van der Waals surface area (Å²) in [5.74, 6) is 1.43. The van der Waals surface area contributed by atoms with Gasteiger partial charge in [0, 0.05) is 44.9 Å². The van der Waals surface area contributed by atoms with Gasteiger partial charge in [-0.1, -0.05) is 145 Å². The molecule has 10 rings (SSSR count). The van der Waals surface area contributed by atoms with Crippen LogP contribution in [0.5, 0.6) is 0 Å². The summed E-state index contributed by atoms with van der Waals surface area (Å²) in [6.07, 6.45) is 0. The topological polar surface area (TPSA) is 55.1 Å². The molecule has 5 heteroatoms. The fourth-order valence-electron chi connectivity index (χ4n) is 6.75. The van der Waals surface area contributed by atoms with Gasteiger partial charge in [-0.05, 0) is 64.3 Å². The van der Waals surface area contributed by atoms with Gasteiger partial charge in [-0.25, -0.2) is 15.0 Å². The summed E-state index contributed by atoms with van der Waals surface area (Å²) in [7, 11) is 0. The van der Waals surface area contributed by atoms with Crippen LogP contribution in [0.2, 0.25) is 0 Å². The van der Waals surface area contributed by atoms with Gasteiger partial charge >= 0.3 is 0 Å². The lowest BCUT2D eigenvalue weighted by molar-refractivity contribution is 0.669. The van der Waals surface area contributed by atoms with E-state index in [0.717, 1.165) is 32.2 Å². The monoisotopic (exact) mass is 702 g/mol. The van der Waals surface area contributed by atoms with Crippen molar-refractivity contribution in [2.75, 3.05) is 4.90 Å². The highest BCUT2D eigenvalue weighted by atomic mass is 16.3. The van der Waals surface area contributed by atoms with Crippen molar-refractivity contribution in [1.29, 1.82) is 0 Å². The predicted octanol–water partition coefficient (Wildman–Crippen LogP) is 13.1. The quantitative estimate of drug-likeness (QED) is 0.165. The average Bonchev–Trinajstić information content (AvgIpc) is 3.72. The second kappa shape index (κ2) is 13.3. The third-order valence-electron chi connectivity index (χ3n) is 9.27. The SMILES string of the molecule is [2H]c1c([2H])c([2H])c(N(c2cc(-c3ccc(-c4nc(-c5ccccc5)nc(-c5ccc6ccccc6c5)n4)cc3)c3c(c2)oc2ccccc23)c2c([2H])c([2H])c([2H])c([2H])c2[2H])c([2H])c1[2H]. The number of hydrogen-bond donors (Lipinski definition) is 0. The third-order valence-corrected chi connectivity index (χ3v) is 9.27. The van der Waals surface area contributed by atoms with Crippen molar-refractivity contribution in [3.8, 4) is 45.3 Å². The molecule has 0 bridgehead atoms. The Labute approximate surface area is 326 Å². The zero-order valence-corrected chi connectivity index (χ0v) is 28.4. The van der Waals surface area contributed by atoms with Crippen LogP contribution in [-0.2, 0) is 0 Å². The summed E-state index contributed by atoms with van der Waals surface area (Å²) in [6.45, 7) is 0. The molecule has 10 aromatic rings. The van der Waals surface area contributed by atoms with E-state index in [4.69, 9.17) is 33.1 Å². The molecule has 2 aromatic heterocycles.